The van der Waals surface area contributed by atoms with E-state index in [1.54, 1.807) is 7.05 Å². The van der Waals surface area contributed by atoms with Crippen molar-refractivity contribution in [1.82, 2.24) is 25.0 Å². The smallest absolute Gasteiger partial charge is 0.309 e. The summed E-state index contributed by atoms with van der Waals surface area (Å²) < 4.78 is 7.05. The van der Waals surface area contributed by atoms with E-state index in [1.165, 1.54) is 0 Å². The van der Waals surface area contributed by atoms with E-state index in [1.807, 2.05) is 25.5 Å². The number of nitrogens with one attached hydrogen (secondary N) is 1. The van der Waals surface area contributed by atoms with E-state index in [0.717, 1.165) is 43.5 Å². The molecule has 1 aromatic heterocycles. The molecule has 0 atom stereocenters. The lowest BCUT2D eigenvalue weighted by atomic mass is 9.97. The molecule has 136 valence electrons. The van der Waals surface area contributed by atoms with Gasteiger partial charge in [-0.05, 0) is 26.7 Å². The molecule has 1 aromatic rings. The molecule has 0 aromatic carbocycles. The summed E-state index contributed by atoms with van der Waals surface area (Å²) >= 11 is 0. The quantitative estimate of drug-likeness (QED) is 0.320. The summed E-state index contributed by atoms with van der Waals surface area (Å²) in [6.45, 7) is 6.36. The molecule has 0 radical (unpaired) electrons. The third kappa shape index (κ3) is 5.05. The molecule has 0 aliphatic carbocycles. The van der Waals surface area contributed by atoms with E-state index in [-0.39, 0.29) is 35.9 Å². The number of aliphatic imine (C=N–C) groups is 1. The van der Waals surface area contributed by atoms with Gasteiger partial charge in [0.15, 0.2) is 11.8 Å². The summed E-state index contributed by atoms with van der Waals surface area (Å²) in [7, 11) is 3.71. The van der Waals surface area contributed by atoms with E-state index in [2.05, 4.69) is 25.4 Å². The van der Waals surface area contributed by atoms with Crippen molar-refractivity contribution in [2.45, 2.75) is 33.2 Å². The number of nitrogens with zero attached hydrogens (tertiary/aromatic N) is 5. The molecule has 0 saturated carbocycles. The fraction of sp³-hybridized carbons (Fsp3) is 0.733. The number of carbonyl (C=O) groups is 1. The number of likely N-dealkylation sites (tertiary alicyclic amines) is 1. The van der Waals surface area contributed by atoms with Gasteiger partial charge in [-0.3, -0.25) is 9.79 Å². The Morgan fingerprint density at radius 3 is 2.54 bits per heavy atom. The molecular weight excluding hydrogens is 423 g/mol. The highest BCUT2D eigenvalue weighted by molar-refractivity contribution is 14.0. The number of carbonyl (C=O) groups excluding carboxylic acids is 1. The Labute approximate surface area is 160 Å². The Bertz CT molecular complexity index is 566. The summed E-state index contributed by atoms with van der Waals surface area (Å²) in [6.07, 6.45) is 1.59. The first-order valence-corrected chi connectivity index (χ1v) is 8.03. The van der Waals surface area contributed by atoms with E-state index in [4.69, 9.17) is 4.74 Å². The maximum absolute atomic E-state index is 11.8. The van der Waals surface area contributed by atoms with Gasteiger partial charge in [-0.2, -0.15) is 0 Å². The number of guanidine groups is 1. The van der Waals surface area contributed by atoms with Gasteiger partial charge in [0.25, 0.3) is 0 Å². The van der Waals surface area contributed by atoms with Crippen molar-refractivity contribution in [2.24, 2.45) is 18.0 Å². The number of rotatable bonds is 4. The second-order valence-corrected chi connectivity index (χ2v) is 5.64. The number of esters is 1. The lowest BCUT2D eigenvalue weighted by Gasteiger charge is -2.33. The Hall–Kier alpha value is -1.39. The van der Waals surface area contributed by atoms with E-state index in [0.29, 0.717) is 13.2 Å². The van der Waals surface area contributed by atoms with Crippen LogP contribution in [0.15, 0.2) is 4.99 Å². The molecule has 1 N–H and O–H groups in total. The van der Waals surface area contributed by atoms with Gasteiger partial charge in [-0.1, -0.05) is 0 Å². The maximum atomic E-state index is 11.8. The predicted molar refractivity (Wildman–Crippen MR) is 102 cm³/mol. The number of hydrogen-bond acceptors (Lipinski definition) is 5. The lowest BCUT2D eigenvalue weighted by molar-refractivity contribution is -0.149. The standard InChI is InChI=1S/C15H26N6O2.HI/c1-5-23-14(22)12-6-8-21(9-7-12)15(16-3)17-10-13-19-18-11(2)20(13)4;/h12H,5-10H2,1-4H3,(H,16,17);1H. The molecule has 0 spiro atoms. The Morgan fingerprint density at radius 1 is 1.38 bits per heavy atom. The predicted octanol–water partition coefficient (Wildman–Crippen LogP) is 1.09. The van der Waals surface area contributed by atoms with Crippen LogP contribution in [0.25, 0.3) is 0 Å². The first-order chi connectivity index (χ1) is 11.1. The van der Waals surface area contributed by atoms with Crippen LogP contribution in [0.1, 0.15) is 31.4 Å². The molecule has 0 amide bonds. The Morgan fingerprint density at radius 2 is 2.04 bits per heavy atom. The van der Waals surface area contributed by atoms with Crippen molar-refractivity contribution in [3.05, 3.63) is 11.6 Å². The molecule has 1 aliphatic rings. The number of ether oxygens (including phenoxy) is 1. The zero-order chi connectivity index (χ0) is 16.8. The van der Waals surface area contributed by atoms with Crippen LogP contribution < -0.4 is 5.32 Å². The molecule has 1 fully saturated rings. The van der Waals surface area contributed by atoms with Crippen LogP contribution in [-0.4, -0.2) is 58.3 Å². The Kier molecular flexibility index (Phi) is 8.43. The summed E-state index contributed by atoms with van der Waals surface area (Å²) in [5, 5.41) is 11.5. The summed E-state index contributed by atoms with van der Waals surface area (Å²) in [5.74, 6) is 2.50. The third-order valence-electron chi connectivity index (χ3n) is 4.21. The lowest BCUT2D eigenvalue weighted by Crippen LogP contribution is -2.46. The first-order valence-electron chi connectivity index (χ1n) is 8.03. The highest BCUT2D eigenvalue weighted by Gasteiger charge is 2.27. The summed E-state index contributed by atoms with van der Waals surface area (Å²) in [4.78, 5) is 18.3. The number of hydrogen-bond donors (Lipinski definition) is 1. The maximum Gasteiger partial charge on any atom is 0.309 e. The van der Waals surface area contributed by atoms with Gasteiger partial charge in [0.05, 0.1) is 19.1 Å². The highest BCUT2D eigenvalue weighted by Crippen LogP contribution is 2.18. The molecule has 0 bridgehead atoms. The molecule has 2 rings (SSSR count). The fourth-order valence-corrected chi connectivity index (χ4v) is 2.68. The van der Waals surface area contributed by atoms with E-state index in [9.17, 15) is 4.79 Å². The summed E-state index contributed by atoms with van der Waals surface area (Å²) in [6, 6.07) is 0. The van der Waals surface area contributed by atoms with Crippen molar-refractivity contribution in [1.29, 1.82) is 0 Å². The van der Waals surface area contributed by atoms with Crippen LogP contribution in [0.5, 0.6) is 0 Å². The summed E-state index contributed by atoms with van der Waals surface area (Å²) in [5.41, 5.74) is 0. The molecule has 9 heteroatoms. The average molecular weight is 450 g/mol. The Balaban J connectivity index is 0.00000288. The fourth-order valence-electron chi connectivity index (χ4n) is 2.68. The van der Waals surface area contributed by atoms with Gasteiger partial charge in [-0.15, -0.1) is 34.2 Å². The second kappa shape index (κ2) is 9.80. The molecular formula is C15H27IN6O2. The van der Waals surface area contributed by atoms with Gasteiger partial charge in [-0.25, -0.2) is 0 Å². The molecule has 1 aliphatic heterocycles. The van der Waals surface area contributed by atoms with Crippen LogP contribution in [-0.2, 0) is 23.1 Å². The van der Waals surface area contributed by atoms with Crippen LogP contribution >= 0.6 is 24.0 Å². The molecule has 8 nitrogen and oxygen atoms in total. The topological polar surface area (TPSA) is 84.6 Å². The molecule has 0 unspecified atom stereocenters. The van der Waals surface area contributed by atoms with Crippen molar-refractivity contribution >= 4 is 35.9 Å². The van der Waals surface area contributed by atoms with Crippen molar-refractivity contribution < 1.29 is 9.53 Å². The normalized spacial score (nSPS) is 15.8. The van der Waals surface area contributed by atoms with Gasteiger partial charge in [0, 0.05) is 27.2 Å². The minimum Gasteiger partial charge on any atom is -0.466 e. The van der Waals surface area contributed by atoms with Gasteiger partial charge < -0.3 is 19.5 Å². The van der Waals surface area contributed by atoms with Crippen LogP contribution in [0.2, 0.25) is 0 Å². The first kappa shape index (κ1) is 20.7. The molecule has 1 saturated heterocycles. The van der Waals surface area contributed by atoms with Crippen LogP contribution in [0.3, 0.4) is 0 Å². The van der Waals surface area contributed by atoms with E-state index < -0.39 is 0 Å². The highest BCUT2D eigenvalue weighted by atomic mass is 127. The number of halogens is 1. The minimum atomic E-state index is -0.0790. The monoisotopic (exact) mass is 450 g/mol. The van der Waals surface area contributed by atoms with E-state index >= 15 is 0 Å². The van der Waals surface area contributed by atoms with Crippen molar-refractivity contribution in [2.75, 3.05) is 26.7 Å². The zero-order valence-corrected chi connectivity index (χ0v) is 17.1. The van der Waals surface area contributed by atoms with Crippen LogP contribution in [0, 0.1) is 12.8 Å². The average Bonchev–Trinajstić information content (AvgIpc) is 2.88. The van der Waals surface area contributed by atoms with Crippen molar-refractivity contribution in [3.8, 4) is 0 Å². The number of aromatic nitrogens is 3. The minimum absolute atomic E-state index is 0. The SMILES string of the molecule is CCOC(=O)C1CCN(C(=NC)NCc2nnc(C)n2C)CC1.I. The number of piperidine rings is 1. The van der Waals surface area contributed by atoms with Crippen molar-refractivity contribution in [3.63, 3.8) is 0 Å². The van der Waals surface area contributed by atoms with Gasteiger partial charge in [0.1, 0.15) is 5.82 Å². The molecule has 2 heterocycles. The zero-order valence-electron chi connectivity index (χ0n) is 14.8. The molecule has 24 heavy (non-hydrogen) atoms. The third-order valence-corrected chi connectivity index (χ3v) is 4.21. The largest absolute Gasteiger partial charge is 0.466 e. The van der Waals surface area contributed by atoms with Crippen LogP contribution in [0.4, 0.5) is 0 Å². The van der Waals surface area contributed by atoms with Gasteiger partial charge >= 0.3 is 5.97 Å². The number of aryl methyl sites for hydroxylation is 1. The second-order valence-electron chi connectivity index (χ2n) is 5.64. The van der Waals surface area contributed by atoms with Gasteiger partial charge in [0.2, 0.25) is 0 Å².